The standard InChI is InChI=1S/C23H21NO4S/c1-29-16-10-8-14(9-11-16)20-19-21(25)17-6-2-3-7-18(17)28-22(19)23(26)24(20)13-15-5-4-12-27-15/h2-3,6-11,15,20H,4-5,12-13H2,1H3/t15-,20-/m0/s1. The molecule has 0 radical (unpaired) electrons. The molecule has 1 saturated heterocycles. The lowest BCUT2D eigenvalue weighted by molar-refractivity contribution is 0.0486. The number of hydrogen-bond donors (Lipinski definition) is 0. The number of rotatable bonds is 4. The lowest BCUT2D eigenvalue weighted by Crippen LogP contribution is -2.36. The third-order valence-electron chi connectivity index (χ3n) is 5.73. The van der Waals surface area contributed by atoms with E-state index in [0.717, 1.165) is 23.3 Å². The number of fused-ring (bicyclic) bond motifs is 2. The molecule has 29 heavy (non-hydrogen) atoms. The summed E-state index contributed by atoms with van der Waals surface area (Å²) in [6.07, 6.45) is 3.93. The molecule has 2 atom stereocenters. The van der Waals surface area contributed by atoms with Crippen LogP contribution in [0.2, 0.25) is 0 Å². The van der Waals surface area contributed by atoms with Gasteiger partial charge in [0.25, 0.3) is 5.91 Å². The van der Waals surface area contributed by atoms with E-state index in [-0.39, 0.29) is 23.2 Å². The molecule has 0 unspecified atom stereocenters. The number of benzene rings is 2. The summed E-state index contributed by atoms with van der Waals surface area (Å²) in [5.41, 5.74) is 1.66. The average Bonchev–Trinajstić information content (AvgIpc) is 3.36. The van der Waals surface area contributed by atoms with E-state index < -0.39 is 6.04 Å². The molecule has 3 heterocycles. The van der Waals surface area contributed by atoms with E-state index in [4.69, 9.17) is 9.15 Å². The average molecular weight is 407 g/mol. The molecular weight excluding hydrogens is 386 g/mol. The van der Waals surface area contributed by atoms with E-state index in [1.165, 1.54) is 0 Å². The molecule has 2 aliphatic rings. The number of ether oxygens (including phenoxy) is 1. The molecule has 1 fully saturated rings. The van der Waals surface area contributed by atoms with Crippen molar-refractivity contribution in [1.29, 1.82) is 0 Å². The van der Waals surface area contributed by atoms with Gasteiger partial charge in [-0.05, 0) is 48.9 Å². The van der Waals surface area contributed by atoms with Crippen LogP contribution in [0.4, 0.5) is 0 Å². The van der Waals surface area contributed by atoms with E-state index in [2.05, 4.69) is 0 Å². The Morgan fingerprint density at radius 2 is 1.90 bits per heavy atom. The van der Waals surface area contributed by atoms with Gasteiger partial charge in [0, 0.05) is 18.0 Å². The van der Waals surface area contributed by atoms with Crippen molar-refractivity contribution in [3.05, 3.63) is 75.6 Å². The lowest BCUT2D eigenvalue weighted by Gasteiger charge is -2.27. The molecule has 148 valence electrons. The van der Waals surface area contributed by atoms with E-state index in [1.807, 2.05) is 36.6 Å². The molecule has 5 rings (SSSR count). The molecule has 1 amide bonds. The Balaban J connectivity index is 1.68. The van der Waals surface area contributed by atoms with Crippen molar-refractivity contribution in [3.8, 4) is 0 Å². The summed E-state index contributed by atoms with van der Waals surface area (Å²) in [6, 6.07) is 14.7. The van der Waals surface area contributed by atoms with Crippen molar-refractivity contribution in [2.45, 2.75) is 29.9 Å². The van der Waals surface area contributed by atoms with Crippen molar-refractivity contribution in [3.63, 3.8) is 0 Å². The van der Waals surface area contributed by atoms with Crippen LogP contribution in [0.1, 0.15) is 40.6 Å². The largest absolute Gasteiger partial charge is 0.450 e. The minimum Gasteiger partial charge on any atom is -0.450 e. The van der Waals surface area contributed by atoms with Crippen LogP contribution in [-0.4, -0.2) is 36.3 Å². The predicted molar refractivity (Wildman–Crippen MR) is 113 cm³/mol. The Hall–Kier alpha value is -2.57. The van der Waals surface area contributed by atoms with Gasteiger partial charge < -0.3 is 14.1 Å². The Bertz CT molecular complexity index is 1130. The number of hydrogen-bond acceptors (Lipinski definition) is 5. The maximum absolute atomic E-state index is 13.4. The van der Waals surface area contributed by atoms with E-state index in [9.17, 15) is 9.59 Å². The van der Waals surface area contributed by atoms with Gasteiger partial charge in [0.1, 0.15) is 5.58 Å². The number of carbonyl (C=O) groups is 1. The van der Waals surface area contributed by atoms with Gasteiger partial charge in [-0.3, -0.25) is 9.59 Å². The van der Waals surface area contributed by atoms with Crippen LogP contribution in [-0.2, 0) is 4.74 Å². The van der Waals surface area contributed by atoms with Gasteiger partial charge >= 0.3 is 0 Å². The number of carbonyl (C=O) groups excluding carboxylic acids is 1. The second-order valence-corrected chi connectivity index (χ2v) is 8.32. The van der Waals surface area contributed by atoms with E-state index in [0.29, 0.717) is 29.7 Å². The van der Waals surface area contributed by atoms with Gasteiger partial charge in [-0.15, -0.1) is 11.8 Å². The monoisotopic (exact) mass is 407 g/mol. The highest BCUT2D eigenvalue weighted by molar-refractivity contribution is 7.98. The fraction of sp³-hybridized carbons (Fsp3) is 0.304. The molecule has 1 aromatic heterocycles. The van der Waals surface area contributed by atoms with Gasteiger partial charge in [0.15, 0.2) is 5.43 Å². The first kappa shape index (κ1) is 18.5. The molecule has 0 bridgehead atoms. The van der Waals surface area contributed by atoms with E-state index in [1.54, 1.807) is 34.9 Å². The summed E-state index contributed by atoms with van der Waals surface area (Å²) in [7, 11) is 0. The Morgan fingerprint density at radius 1 is 1.10 bits per heavy atom. The van der Waals surface area contributed by atoms with Crippen molar-refractivity contribution < 1.29 is 13.9 Å². The summed E-state index contributed by atoms with van der Waals surface area (Å²) < 4.78 is 11.7. The molecule has 0 spiro atoms. The minimum absolute atomic E-state index is 0.00856. The second kappa shape index (κ2) is 7.35. The van der Waals surface area contributed by atoms with Crippen molar-refractivity contribution >= 4 is 28.6 Å². The highest BCUT2D eigenvalue weighted by Gasteiger charge is 2.43. The first-order chi connectivity index (χ1) is 14.2. The molecule has 0 N–H and O–H groups in total. The maximum atomic E-state index is 13.4. The zero-order valence-corrected chi connectivity index (χ0v) is 16.9. The molecule has 5 nitrogen and oxygen atoms in total. The summed E-state index contributed by atoms with van der Waals surface area (Å²) >= 11 is 1.66. The van der Waals surface area contributed by atoms with E-state index >= 15 is 0 Å². The molecule has 3 aromatic rings. The zero-order chi connectivity index (χ0) is 20.0. The zero-order valence-electron chi connectivity index (χ0n) is 16.1. The van der Waals surface area contributed by atoms with Gasteiger partial charge in [-0.25, -0.2) is 0 Å². The number of nitrogens with zero attached hydrogens (tertiary/aromatic N) is 1. The molecule has 2 aromatic carbocycles. The number of para-hydroxylation sites is 1. The van der Waals surface area contributed by atoms with Crippen LogP contribution in [0.5, 0.6) is 0 Å². The maximum Gasteiger partial charge on any atom is 0.291 e. The predicted octanol–water partition coefficient (Wildman–Crippen LogP) is 4.24. The highest BCUT2D eigenvalue weighted by atomic mass is 32.2. The SMILES string of the molecule is CSc1ccc([C@H]2c3c(oc4ccccc4c3=O)C(=O)N2C[C@@H]2CCCO2)cc1. The first-order valence-electron chi connectivity index (χ1n) is 9.79. The Kier molecular flexibility index (Phi) is 4.68. The van der Waals surface area contributed by atoms with Crippen LogP contribution in [0.3, 0.4) is 0 Å². The van der Waals surface area contributed by atoms with Crippen molar-refractivity contribution in [2.75, 3.05) is 19.4 Å². The van der Waals surface area contributed by atoms with Gasteiger partial charge in [0.05, 0.1) is 23.1 Å². The first-order valence-corrected chi connectivity index (χ1v) is 11.0. The molecule has 6 heteroatoms. The normalized spacial score (nSPS) is 21.1. The highest BCUT2D eigenvalue weighted by Crippen LogP contribution is 2.39. The smallest absolute Gasteiger partial charge is 0.291 e. The lowest BCUT2D eigenvalue weighted by atomic mass is 9.98. The second-order valence-electron chi connectivity index (χ2n) is 7.44. The number of thioether (sulfide) groups is 1. The summed E-state index contributed by atoms with van der Waals surface area (Å²) in [5, 5.41) is 0.503. The molecule has 0 aliphatic carbocycles. The summed E-state index contributed by atoms with van der Waals surface area (Å²) in [5.74, 6) is -0.0806. The molecule has 0 saturated carbocycles. The molecular formula is C23H21NO4S. The van der Waals surface area contributed by atoms with Crippen molar-refractivity contribution in [1.82, 2.24) is 4.90 Å². The van der Waals surface area contributed by atoms with Crippen molar-refractivity contribution in [2.24, 2.45) is 0 Å². The quantitative estimate of drug-likeness (QED) is 0.606. The summed E-state index contributed by atoms with van der Waals surface area (Å²) in [6.45, 7) is 1.17. The molecule has 2 aliphatic heterocycles. The fourth-order valence-electron chi connectivity index (χ4n) is 4.30. The Morgan fingerprint density at radius 3 is 2.62 bits per heavy atom. The van der Waals surface area contributed by atoms with Crippen LogP contribution in [0.25, 0.3) is 11.0 Å². The van der Waals surface area contributed by atoms with Gasteiger partial charge in [-0.1, -0.05) is 24.3 Å². The minimum atomic E-state index is -0.460. The van der Waals surface area contributed by atoms with Gasteiger partial charge in [0.2, 0.25) is 5.76 Å². The van der Waals surface area contributed by atoms with Gasteiger partial charge in [-0.2, -0.15) is 0 Å². The Labute approximate surface area is 172 Å². The van der Waals surface area contributed by atoms with Crippen LogP contribution in [0, 0.1) is 0 Å². The van der Waals surface area contributed by atoms with Crippen LogP contribution in [0.15, 0.2) is 62.6 Å². The van der Waals surface area contributed by atoms with Crippen LogP contribution < -0.4 is 5.43 Å². The third kappa shape index (κ3) is 3.07. The third-order valence-corrected chi connectivity index (χ3v) is 6.47. The van der Waals surface area contributed by atoms with Crippen LogP contribution >= 0.6 is 11.8 Å². The topological polar surface area (TPSA) is 59.8 Å². The number of amides is 1. The summed E-state index contributed by atoms with van der Waals surface area (Å²) in [4.78, 5) is 29.6. The fourth-order valence-corrected chi connectivity index (χ4v) is 4.70.